The third-order valence-electron chi connectivity index (χ3n) is 10.2. The summed E-state index contributed by atoms with van der Waals surface area (Å²) in [4.78, 5) is 44.6. The van der Waals surface area contributed by atoms with E-state index in [4.69, 9.17) is 0 Å². The first-order valence-corrected chi connectivity index (χ1v) is 17.8. The topological polar surface area (TPSA) is 156 Å². The van der Waals surface area contributed by atoms with Gasteiger partial charge < -0.3 is 35.5 Å². The Labute approximate surface area is 302 Å². The number of benzene rings is 3. The fourth-order valence-electron chi connectivity index (χ4n) is 7.27. The first-order chi connectivity index (χ1) is 25.3. The Morgan fingerprint density at radius 3 is 2.25 bits per heavy atom. The van der Waals surface area contributed by atoms with Gasteiger partial charge >= 0.3 is 0 Å². The zero-order chi connectivity index (χ0) is 36.2. The third kappa shape index (κ3) is 6.87. The number of carbonyl (C=O) groups is 3. The molecule has 7 rings (SSSR count). The van der Waals surface area contributed by atoms with Crippen molar-refractivity contribution in [3.63, 3.8) is 0 Å². The van der Waals surface area contributed by atoms with Crippen molar-refractivity contribution in [1.82, 2.24) is 25.6 Å². The lowest BCUT2D eigenvalue weighted by Gasteiger charge is -2.30. The molecule has 0 aliphatic carbocycles. The molecule has 3 aliphatic heterocycles. The van der Waals surface area contributed by atoms with E-state index in [2.05, 4.69) is 20.9 Å². The number of hydrogen-bond acceptors (Lipinski definition) is 9. The van der Waals surface area contributed by atoms with Crippen LogP contribution in [0.25, 0.3) is 0 Å². The van der Waals surface area contributed by atoms with Crippen molar-refractivity contribution < 1.29 is 24.6 Å². The van der Waals surface area contributed by atoms with Crippen LogP contribution in [0, 0.1) is 5.92 Å². The van der Waals surface area contributed by atoms with Gasteiger partial charge in [0.2, 0.25) is 11.8 Å². The third-order valence-corrected chi connectivity index (χ3v) is 10.2. The molecule has 13 nitrogen and oxygen atoms in total. The number of fused-ring (bicyclic) bond motifs is 1. The van der Waals surface area contributed by atoms with E-state index in [1.54, 1.807) is 25.4 Å². The molecule has 13 heteroatoms. The Morgan fingerprint density at radius 2 is 1.58 bits per heavy atom. The number of aliphatic hydroxyl groups is 2. The minimum atomic E-state index is -1.88. The molecule has 52 heavy (non-hydrogen) atoms. The summed E-state index contributed by atoms with van der Waals surface area (Å²) in [7, 11) is 0. The average molecular weight is 705 g/mol. The summed E-state index contributed by atoms with van der Waals surface area (Å²) in [5.41, 5.74) is 3.10. The number of piperazine rings is 2. The van der Waals surface area contributed by atoms with Gasteiger partial charge in [0.1, 0.15) is 0 Å². The average Bonchev–Trinajstić information content (AvgIpc) is 3.72. The number of hydrogen-bond donors (Lipinski definition) is 4. The van der Waals surface area contributed by atoms with Crippen molar-refractivity contribution >= 4 is 34.8 Å². The van der Waals surface area contributed by atoms with Gasteiger partial charge in [-0.05, 0) is 47.9 Å². The van der Waals surface area contributed by atoms with Crippen LogP contribution in [0.3, 0.4) is 0 Å². The van der Waals surface area contributed by atoms with Gasteiger partial charge in [-0.2, -0.15) is 0 Å². The fraction of sp³-hybridized carbons (Fsp3) is 0.359. The molecule has 4 aromatic rings. The van der Waals surface area contributed by atoms with Gasteiger partial charge in [0.25, 0.3) is 5.91 Å². The van der Waals surface area contributed by atoms with Crippen molar-refractivity contribution in [3.05, 3.63) is 114 Å². The highest BCUT2D eigenvalue weighted by Gasteiger charge is 2.52. The van der Waals surface area contributed by atoms with Gasteiger partial charge in [0, 0.05) is 61.8 Å². The van der Waals surface area contributed by atoms with Crippen LogP contribution in [0.4, 0.5) is 17.1 Å². The van der Waals surface area contributed by atoms with E-state index in [9.17, 15) is 24.6 Å². The largest absolute Gasteiger partial charge is 0.395 e. The molecule has 0 radical (unpaired) electrons. The molecule has 4 heterocycles. The standard InChI is InChI=1S/C39H44N8O5/c1-27(7-5-6-18-44-25-34(42-43-44)32(26-48)29-8-3-2-4-9-29)39(52)33-21-31(46-20-17-41-23-37(46)50)14-15-35(33)47(38(39)51)24-28-10-12-30(13-11-28)45-19-16-40-22-36(45)49/h2-5,7-15,21,25,27,32,40-41,48,52H,6,16-20,22-24,26H2,1H3/b7-5+/t27-,32?,39+/m0/s1. The molecule has 0 saturated carbocycles. The number of aliphatic hydroxyl groups excluding tert-OH is 1. The molecule has 2 fully saturated rings. The molecule has 270 valence electrons. The zero-order valence-electron chi connectivity index (χ0n) is 29.2. The monoisotopic (exact) mass is 704 g/mol. The molecule has 0 spiro atoms. The first kappa shape index (κ1) is 35.2. The van der Waals surface area contributed by atoms with Crippen molar-refractivity contribution in [1.29, 1.82) is 0 Å². The molecule has 4 N–H and O–H groups in total. The van der Waals surface area contributed by atoms with Gasteiger partial charge in [0.15, 0.2) is 5.60 Å². The summed E-state index contributed by atoms with van der Waals surface area (Å²) in [5, 5.41) is 37.2. The van der Waals surface area contributed by atoms with Gasteiger partial charge in [-0.15, -0.1) is 5.10 Å². The van der Waals surface area contributed by atoms with Gasteiger partial charge in [0.05, 0.1) is 43.5 Å². The van der Waals surface area contributed by atoms with Crippen LogP contribution < -0.4 is 25.3 Å². The molecule has 3 atom stereocenters. The van der Waals surface area contributed by atoms with Gasteiger partial charge in [-0.3, -0.25) is 19.1 Å². The molecule has 3 aromatic carbocycles. The summed E-state index contributed by atoms with van der Waals surface area (Å²) in [6, 6.07) is 22.7. The first-order valence-electron chi connectivity index (χ1n) is 17.8. The Hall–Kier alpha value is -5.21. The van der Waals surface area contributed by atoms with E-state index >= 15 is 0 Å². The highest BCUT2D eigenvalue weighted by atomic mass is 16.3. The van der Waals surface area contributed by atoms with Crippen molar-refractivity contribution in [2.24, 2.45) is 5.92 Å². The van der Waals surface area contributed by atoms with Gasteiger partial charge in [-0.1, -0.05) is 66.8 Å². The molecular formula is C39H44N8O5. The van der Waals surface area contributed by atoms with E-state index < -0.39 is 17.4 Å². The summed E-state index contributed by atoms with van der Waals surface area (Å²) in [6.07, 6.45) is 6.19. The second-order valence-electron chi connectivity index (χ2n) is 13.5. The molecule has 2 saturated heterocycles. The van der Waals surface area contributed by atoms with Crippen LogP contribution in [0.2, 0.25) is 0 Å². The van der Waals surface area contributed by atoms with Crippen LogP contribution in [-0.2, 0) is 33.1 Å². The number of rotatable bonds is 12. The van der Waals surface area contributed by atoms with Crippen LogP contribution >= 0.6 is 0 Å². The van der Waals surface area contributed by atoms with Crippen molar-refractivity contribution in [2.45, 2.75) is 38.0 Å². The highest BCUT2D eigenvalue weighted by Crippen LogP contribution is 2.47. The predicted octanol–water partition coefficient (Wildman–Crippen LogP) is 2.29. The molecular weight excluding hydrogens is 660 g/mol. The number of aryl methyl sites for hydroxylation is 1. The van der Waals surface area contributed by atoms with Crippen LogP contribution in [0.15, 0.2) is 91.1 Å². The maximum Gasteiger partial charge on any atom is 0.264 e. The highest BCUT2D eigenvalue weighted by molar-refractivity contribution is 6.08. The zero-order valence-corrected chi connectivity index (χ0v) is 29.2. The molecule has 3 amide bonds. The summed E-state index contributed by atoms with van der Waals surface area (Å²) in [5.74, 6) is -1.38. The molecule has 1 aromatic heterocycles. The smallest absolute Gasteiger partial charge is 0.264 e. The number of nitrogens with one attached hydrogen (secondary N) is 2. The lowest BCUT2D eigenvalue weighted by atomic mass is 9.82. The number of carbonyl (C=O) groups excluding carboxylic acids is 3. The Kier molecular flexibility index (Phi) is 10.3. The number of anilines is 3. The van der Waals surface area contributed by atoms with Gasteiger partial charge in [-0.25, -0.2) is 0 Å². The normalized spacial score (nSPS) is 20.5. The second-order valence-corrected chi connectivity index (χ2v) is 13.5. The van der Waals surface area contributed by atoms with E-state index in [0.717, 1.165) is 23.4 Å². The summed E-state index contributed by atoms with van der Waals surface area (Å²) in [6.45, 7) is 5.44. The number of nitrogens with zero attached hydrogens (tertiary/aromatic N) is 6. The lowest BCUT2D eigenvalue weighted by molar-refractivity contribution is -0.139. The van der Waals surface area contributed by atoms with E-state index in [0.29, 0.717) is 61.8 Å². The summed E-state index contributed by atoms with van der Waals surface area (Å²) < 4.78 is 1.72. The van der Waals surface area contributed by atoms with E-state index in [1.807, 2.05) is 92.0 Å². The number of allylic oxidation sites excluding steroid dienone is 1. The Balaban J connectivity index is 1.10. The molecule has 0 bridgehead atoms. The lowest BCUT2D eigenvalue weighted by Crippen LogP contribution is -2.48. The van der Waals surface area contributed by atoms with Crippen LogP contribution in [0.5, 0.6) is 0 Å². The van der Waals surface area contributed by atoms with E-state index in [1.165, 1.54) is 0 Å². The van der Waals surface area contributed by atoms with Crippen molar-refractivity contribution in [3.8, 4) is 0 Å². The SMILES string of the molecule is C[C@@H](/C=C/CCn1cc(C(CO)c2ccccc2)nn1)[C@]1(O)C(=O)N(Cc2ccc(N3CCNCC3=O)cc2)c2ccc(N3CCNCC3=O)cc21. The fourth-order valence-corrected chi connectivity index (χ4v) is 7.27. The molecule has 1 unspecified atom stereocenters. The Morgan fingerprint density at radius 1 is 0.904 bits per heavy atom. The minimum absolute atomic E-state index is 0.0120. The maximum atomic E-state index is 14.4. The quantitative estimate of drug-likeness (QED) is 0.163. The van der Waals surface area contributed by atoms with E-state index in [-0.39, 0.29) is 37.4 Å². The number of amides is 3. The van der Waals surface area contributed by atoms with Crippen LogP contribution in [0.1, 0.15) is 41.6 Å². The second kappa shape index (κ2) is 15.2. The summed E-state index contributed by atoms with van der Waals surface area (Å²) >= 11 is 0. The van der Waals surface area contributed by atoms with Crippen molar-refractivity contribution in [2.75, 3.05) is 60.6 Å². The maximum absolute atomic E-state index is 14.4. The minimum Gasteiger partial charge on any atom is -0.395 e. The number of aromatic nitrogens is 3. The Bertz CT molecular complexity index is 1950. The molecule has 3 aliphatic rings. The predicted molar refractivity (Wildman–Crippen MR) is 197 cm³/mol. The van der Waals surface area contributed by atoms with Crippen LogP contribution in [-0.4, -0.2) is 88.8 Å².